The summed E-state index contributed by atoms with van der Waals surface area (Å²) in [6, 6.07) is 6.05. The van der Waals surface area contributed by atoms with E-state index in [4.69, 9.17) is 5.11 Å². The SMILES string of the molecule is CCc1cccc2c1nc1[nH]c(CC(=O)O)cn12. The molecular formula is C13H13N3O2. The van der Waals surface area contributed by atoms with Crippen molar-refractivity contribution in [3.05, 3.63) is 35.7 Å². The van der Waals surface area contributed by atoms with Gasteiger partial charge in [0.15, 0.2) is 0 Å². The van der Waals surface area contributed by atoms with Gasteiger partial charge in [-0.25, -0.2) is 4.98 Å². The van der Waals surface area contributed by atoms with E-state index in [0.717, 1.165) is 17.5 Å². The quantitative estimate of drug-likeness (QED) is 0.739. The minimum Gasteiger partial charge on any atom is -0.481 e. The third-order valence-electron chi connectivity index (χ3n) is 3.08. The van der Waals surface area contributed by atoms with Gasteiger partial charge < -0.3 is 10.1 Å². The molecule has 0 aliphatic heterocycles. The Morgan fingerprint density at radius 2 is 2.33 bits per heavy atom. The molecule has 2 N–H and O–H groups in total. The number of nitrogens with one attached hydrogen (secondary N) is 1. The molecule has 5 nitrogen and oxygen atoms in total. The lowest BCUT2D eigenvalue weighted by Gasteiger charge is -1.97. The highest BCUT2D eigenvalue weighted by Crippen LogP contribution is 2.21. The topological polar surface area (TPSA) is 70.4 Å². The molecule has 0 fully saturated rings. The van der Waals surface area contributed by atoms with Crippen molar-refractivity contribution in [2.24, 2.45) is 0 Å². The van der Waals surface area contributed by atoms with Crippen LogP contribution in [0.2, 0.25) is 0 Å². The van der Waals surface area contributed by atoms with Crippen molar-refractivity contribution in [1.29, 1.82) is 0 Å². The average Bonchev–Trinajstić information content (AvgIpc) is 2.84. The van der Waals surface area contributed by atoms with Gasteiger partial charge in [0.2, 0.25) is 5.78 Å². The number of carboxylic acids is 1. The van der Waals surface area contributed by atoms with E-state index in [0.29, 0.717) is 11.5 Å². The van der Waals surface area contributed by atoms with Gasteiger partial charge in [-0.2, -0.15) is 0 Å². The standard InChI is InChI=1S/C13H13N3O2/c1-2-8-4-3-5-10-12(8)15-13-14-9(6-11(17)18)7-16(10)13/h3-5,7H,2,6H2,1H3,(H,14,15)(H,17,18). The summed E-state index contributed by atoms with van der Waals surface area (Å²) in [5, 5.41) is 8.78. The number of hydrogen-bond donors (Lipinski definition) is 2. The minimum atomic E-state index is -0.849. The number of carbonyl (C=O) groups is 1. The number of aromatic nitrogens is 3. The van der Waals surface area contributed by atoms with Crippen LogP contribution in [-0.2, 0) is 17.6 Å². The van der Waals surface area contributed by atoms with Crippen LogP contribution in [-0.4, -0.2) is 25.4 Å². The molecular weight excluding hydrogens is 230 g/mol. The molecule has 0 radical (unpaired) electrons. The maximum Gasteiger partial charge on any atom is 0.309 e. The molecule has 0 spiro atoms. The van der Waals surface area contributed by atoms with Crippen LogP contribution >= 0.6 is 0 Å². The van der Waals surface area contributed by atoms with Crippen LogP contribution < -0.4 is 0 Å². The number of imidazole rings is 2. The first-order valence-electron chi connectivity index (χ1n) is 5.88. The molecule has 5 heteroatoms. The summed E-state index contributed by atoms with van der Waals surface area (Å²) in [6.45, 7) is 2.10. The van der Waals surface area contributed by atoms with Gasteiger partial charge in [-0.1, -0.05) is 19.1 Å². The van der Waals surface area contributed by atoms with E-state index in [1.165, 1.54) is 5.56 Å². The maximum atomic E-state index is 10.7. The molecule has 0 aliphatic carbocycles. The minimum absolute atomic E-state index is 0.0156. The summed E-state index contributed by atoms with van der Waals surface area (Å²) in [4.78, 5) is 18.2. The van der Waals surface area contributed by atoms with Crippen LogP contribution in [0, 0.1) is 0 Å². The summed E-state index contributed by atoms with van der Waals surface area (Å²) in [7, 11) is 0. The second-order valence-corrected chi connectivity index (χ2v) is 4.29. The predicted octanol–water partition coefficient (Wildman–Crippen LogP) is 2.01. The molecule has 0 saturated heterocycles. The fraction of sp³-hybridized carbons (Fsp3) is 0.231. The van der Waals surface area contributed by atoms with Crippen molar-refractivity contribution in [2.45, 2.75) is 19.8 Å². The number of rotatable bonds is 3. The molecule has 0 saturated carbocycles. The Morgan fingerprint density at radius 3 is 3.06 bits per heavy atom. The van der Waals surface area contributed by atoms with Gasteiger partial charge in [0, 0.05) is 11.9 Å². The lowest BCUT2D eigenvalue weighted by molar-refractivity contribution is -0.136. The summed E-state index contributed by atoms with van der Waals surface area (Å²) < 4.78 is 1.91. The van der Waals surface area contributed by atoms with Gasteiger partial charge in [-0.05, 0) is 18.1 Å². The predicted molar refractivity (Wildman–Crippen MR) is 67.8 cm³/mol. The van der Waals surface area contributed by atoms with Gasteiger partial charge in [0.1, 0.15) is 0 Å². The monoisotopic (exact) mass is 243 g/mol. The fourth-order valence-electron chi connectivity index (χ4n) is 2.26. The molecule has 2 aromatic heterocycles. The highest BCUT2D eigenvalue weighted by atomic mass is 16.4. The normalized spacial score (nSPS) is 11.4. The second kappa shape index (κ2) is 3.87. The zero-order valence-corrected chi connectivity index (χ0v) is 9.97. The summed E-state index contributed by atoms with van der Waals surface area (Å²) >= 11 is 0. The van der Waals surface area contributed by atoms with Gasteiger partial charge in [-0.3, -0.25) is 9.20 Å². The van der Waals surface area contributed by atoms with Crippen LogP contribution in [0.3, 0.4) is 0 Å². The largest absolute Gasteiger partial charge is 0.481 e. The smallest absolute Gasteiger partial charge is 0.309 e. The van der Waals surface area contributed by atoms with Gasteiger partial charge in [0.05, 0.1) is 17.5 Å². The highest BCUT2D eigenvalue weighted by molar-refractivity contribution is 5.83. The Hall–Kier alpha value is -2.30. The first kappa shape index (κ1) is 10.8. The zero-order valence-electron chi connectivity index (χ0n) is 9.97. The van der Waals surface area contributed by atoms with E-state index in [1.54, 1.807) is 6.20 Å². The second-order valence-electron chi connectivity index (χ2n) is 4.29. The highest BCUT2D eigenvalue weighted by Gasteiger charge is 2.11. The third kappa shape index (κ3) is 1.55. The molecule has 18 heavy (non-hydrogen) atoms. The molecule has 0 atom stereocenters. The number of H-pyrrole nitrogens is 1. The van der Waals surface area contributed by atoms with Crippen LogP contribution in [0.15, 0.2) is 24.4 Å². The number of carboxylic acid groups (broad SMARTS) is 1. The Kier molecular flexibility index (Phi) is 2.33. The van der Waals surface area contributed by atoms with Crippen molar-refractivity contribution >= 4 is 22.8 Å². The van der Waals surface area contributed by atoms with Crippen LogP contribution in [0.5, 0.6) is 0 Å². The molecule has 0 amide bonds. The van der Waals surface area contributed by atoms with Crippen molar-refractivity contribution in [2.75, 3.05) is 0 Å². The van der Waals surface area contributed by atoms with Gasteiger partial charge in [-0.15, -0.1) is 0 Å². The first-order valence-corrected chi connectivity index (χ1v) is 5.88. The Balaban J connectivity index is 2.22. The summed E-state index contributed by atoms with van der Waals surface area (Å²) in [6.07, 6.45) is 2.72. The number of aryl methyl sites for hydroxylation is 1. The Morgan fingerprint density at radius 1 is 1.50 bits per heavy atom. The lowest BCUT2D eigenvalue weighted by atomic mass is 10.1. The van der Waals surface area contributed by atoms with E-state index in [2.05, 4.69) is 23.0 Å². The molecule has 0 aliphatic rings. The Bertz CT molecular complexity index is 739. The first-order chi connectivity index (χ1) is 8.69. The van der Waals surface area contributed by atoms with E-state index < -0.39 is 5.97 Å². The number of benzene rings is 1. The van der Waals surface area contributed by atoms with E-state index in [-0.39, 0.29) is 6.42 Å². The number of fused-ring (bicyclic) bond motifs is 3. The Labute approximate surface area is 103 Å². The number of aromatic amines is 1. The van der Waals surface area contributed by atoms with E-state index in [1.807, 2.05) is 16.5 Å². The molecule has 0 unspecified atom stereocenters. The number of nitrogens with zero attached hydrogens (tertiary/aromatic N) is 2. The average molecular weight is 243 g/mol. The molecule has 1 aromatic carbocycles. The van der Waals surface area contributed by atoms with Crippen LogP contribution in [0.25, 0.3) is 16.8 Å². The van der Waals surface area contributed by atoms with Crippen LogP contribution in [0.4, 0.5) is 0 Å². The number of aliphatic carboxylic acids is 1. The van der Waals surface area contributed by atoms with Crippen molar-refractivity contribution < 1.29 is 9.90 Å². The summed E-state index contributed by atoms with van der Waals surface area (Å²) in [5.74, 6) is -0.153. The fourth-order valence-corrected chi connectivity index (χ4v) is 2.26. The molecule has 2 heterocycles. The van der Waals surface area contributed by atoms with E-state index >= 15 is 0 Å². The zero-order chi connectivity index (χ0) is 12.7. The molecule has 92 valence electrons. The lowest BCUT2D eigenvalue weighted by Crippen LogP contribution is -1.99. The third-order valence-corrected chi connectivity index (χ3v) is 3.08. The van der Waals surface area contributed by atoms with Crippen LogP contribution in [0.1, 0.15) is 18.2 Å². The molecule has 0 bridgehead atoms. The number of hydrogen-bond acceptors (Lipinski definition) is 2. The molecule has 3 rings (SSSR count). The van der Waals surface area contributed by atoms with Crippen molar-refractivity contribution in [3.8, 4) is 0 Å². The van der Waals surface area contributed by atoms with E-state index in [9.17, 15) is 4.79 Å². The van der Waals surface area contributed by atoms with Crippen molar-refractivity contribution in [3.63, 3.8) is 0 Å². The van der Waals surface area contributed by atoms with Crippen molar-refractivity contribution in [1.82, 2.24) is 14.4 Å². The van der Waals surface area contributed by atoms with Gasteiger partial charge in [0.25, 0.3) is 0 Å². The summed E-state index contributed by atoms with van der Waals surface area (Å²) in [5.41, 5.74) is 3.85. The number of para-hydroxylation sites is 1. The maximum absolute atomic E-state index is 10.7. The van der Waals surface area contributed by atoms with Gasteiger partial charge >= 0.3 is 5.97 Å². The molecule has 3 aromatic rings.